The Morgan fingerprint density at radius 1 is 1.20 bits per heavy atom. The fourth-order valence-electron chi connectivity index (χ4n) is 2.17. The number of nitrogens with zero attached hydrogens (tertiary/aromatic N) is 1. The van der Waals surface area contributed by atoms with Crippen molar-refractivity contribution in [2.24, 2.45) is 0 Å². The third-order valence-electron chi connectivity index (χ3n) is 3.59. The van der Waals surface area contributed by atoms with Gasteiger partial charge in [-0.15, -0.1) is 11.8 Å². The summed E-state index contributed by atoms with van der Waals surface area (Å²) in [4.78, 5) is 33.7. The summed E-state index contributed by atoms with van der Waals surface area (Å²) in [5.74, 6) is 0.0234. The molecule has 130 valence electrons. The molecule has 7 heteroatoms. The van der Waals surface area contributed by atoms with Crippen LogP contribution in [0.4, 0.5) is 11.4 Å². The number of benzene rings is 2. The van der Waals surface area contributed by atoms with Crippen LogP contribution in [0.1, 0.15) is 35.0 Å². The smallest absolute Gasteiger partial charge is 0.269 e. The first-order chi connectivity index (χ1) is 11.9. The number of hydrogen-bond donors (Lipinski definition) is 1. The van der Waals surface area contributed by atoms with Crippen LogP contribution in [0.15, 0.2) is 48.5 Å². The molecule has 0 fully saturated rings. The van der Waals surface area contributed by atoms with Crippen molar-refractivity contribution in [1.82, 2.24) is 0 Å². The first-order valence-corrected chi connectivity index (χ1v) is 8.68. The Hall–Kier alpha value is -2.67. The van der Waals surface area contributed by atoms with E-state index in [9.17, 15) is 19.7 Å². The molecule has 1 amide bonds. The molecule has 0 saturated carbocycles. The molecule has 0 saturated heterocycles. The van der Waals surface area contributed by atoms with E-state index >= 15 is 0 Å². The highest BCUT2D eigenvalue weighted by Crippen LogP contribution is 2.30. The van der Waals surface area contributed by atoms with Gasteiger partial charge in [0, 0.05) is 28.6 Å². The second-order valence-electron chi connectivity index (χ2n) is 5.49. The van der Waals surface area contributed by atoms with Crippen LogP contribution in [0.2, 0.25) is 0 Å². The van der Waals surface area contributed by atoms with Crippen LogP contribution < -0.4 is 5.32 Å². The van der Waals surface area contributed by atoms with E-state index in [1.807, 2.05) is 13.0 Å². The van der Waals surface area contributed by atoms with Gasteiger partial charge in [0.15, 0.2) is 5.78 Å². The summed E-state index contributed by atoms with van der Waals surface area (Å²) >= 11 is 1.40. The van der Waals surface area contributed by atoms with Gasteiger partial charge in [0.05, 0.1) is 10.7 Å². The van der Waals surface area contributed by atoms with Crippen LogP contribution in [-0.2, 0) is 4.79 Å². The highest BCUT2D eigenvalue weighted by molar-refractivity contribution is 8.00. The van der Waals surface area contributed by atoms with Gasteiger partial charge in [0.25, 0.3) is 5.69 Å². The van der Waals surface area contributed by atoms with Crippen molar-refractivity contribution in [3.8, 4) is 0 Å². The molecule has 0 aliphatic heterocycles. The number of anilines is 1. The Morgan fingerprint density at radius 3 is 2.48 bits per heavy atom. The quantitative estimate of drug-likeness (QED) is 0.454. The fourth-order valence-corrected chi connectivity index (χ4v) is 2.99. The number of thioether (sulfide) groups is 1. The number of rotatable bonds is 7. The molecule has 0 unspecified atom stereocenters. The zero-order chi connectivity index (χ0) is 18.4. The molecule has 1 N–H and O–H groups in total. The summed E-state index contributed by atoms with van der Waals surface area (Å²) in [5, 5.41) is 13.5. The van der Waals surface area contributed by atoms with Crippen LogP contribution in [0, 0.1) is 10.1 Å². The lowest BCUT2D eigenvalue weighted by Gasteiger charge is -2.12. The number of carbonyl (C=O) groups is 2. The van der Waals surface area contributed by atoms with Gasteiger partial charge in [-0.2, -0.15) is 0 Å². The molecule has 25 heavy (non-hydrogen) atoms. The summed E-state index contributed by atoms with van der Waals surface area (Å²) in [7, 11) is 0. The predicted molar refractivity (Wildman–Crippen MR) is 99.0 cm³/mol. The van der Waals surface area contributed by atoms with E-state index in [-0.39, 0.29) is 28.4 Å². The van der Waals surface area contributed by atoms with E-state index in [1.54, 1.807) is 30.3 Å². The van der Waals surface area contributed by atoms with E-state index in [4.69, 9.17) is 0 Å². The van der Waals surface area contributed by atoms with Gasteiger partial charge in [-0.05, 0) is 43.7 Å². The second-order valence-corrected chi connectivity index (χ2v) is 6.82. The minimum Gasteiger partial charge on any atom is -0.325 e. The third-order valence-corrected chi connectivity index (χ3v) is 4.79. The Kier molecular flexibility index (Phi) is 6.30. The maximum Gasteiger partial charge on any atom is 0.269 e. The van der Waals surface area contributed by atoms with Gasteiger partial charge >= 0.3 is 0 Å². The number of Topliss-reactive ketones (excluding diaryl/α,β-unsaturated/α-hetero) is 1. The van der Waals surface area contributed by atoms with Crippen LogP contribution in [0.3, 0.4) is 0 Å². The monoisotopic (exact) mass is 358 g/mol. The molecule has 0 aliphatic carbocycles. The number of carbonyl (C=O) groups excluding carboxylic acids is 2. The average molecular weight is 358 g/mol. The molecule has 0 aliphatic rings. The number of nitro groups is 1. The van der Waals surface area contributed by atoms with E-state index < -0.39 is 4.92 Å². The van der Waals surface area contributed by atoms with Crippen molar-refractivity contribution in [3.63, 3.8) is 0 Å². The molecule has 2 aromatic rings. The lowest BCUT2D eigenvalue weighted by molar-refractivity contribution is -0.384. The van der Waals surface area contributed by atoms with Gasteiger partial charge in [0.1, 0.15) is 0 Å². The Balaban J connectivity index is 1.89. The topological polar surface area (TPSA) is 89.3 Å². The van der Waals surface area contributed by atoms with Crippen LogP contribution in [0.5, 0.6) is 0 Å². The third kappa shape index (κ3) is 5.42. The van der Waals surface area contributed by atoms with Gasteiger partial charge in [-0.1, -0.05) is 12.1 Å². The lowest BCUT2D eigenvalue weighted by atomic mass is 10.1. The molecule has 2 rings (SSSR count). The summed E-state index contributed by atoms with van der Waals surface area (Å²) in [6.07, 6.45) is 0. The zero-order valence-corrected chi connectivity index (χ0v) is 14.7. The van der Waals surface area contributed by atoms with Crippen molar-refractivity contribution >= 4 is 34.8 Å². The number of nitro benzene ring substituents is 1. The molecule has 0 aromatic heterocycles. The van der Waals surface area contributed by atoms with E-state index in [2.05, 4.69) is 5.32 Å². The second kappa shape index (κ2) is 8.43. The predicted octanol–water partition coefficient (Wildman–Crippen LogP) is 4.23. The minimum absolute atomic E-state index is 0.0285. The van der Waals surface area contributed by atoms with Crippen LogP contribution in [0.25, 0.3) is 0 Å². The normalized spacial score (nSPS) is 11.6. The summed E-state index contributed by atoms with van der Waals surface area (Å²) < 4.78 is 0. The number of nitrogens with one attached hydrogen (secondary N) is 1. The van der Waals surface area contributed by atoms with E-state index in [0.717, 1.165) is 5.56 Å². The average Bonchev–Trinajstić information content (AvgIpc) is 2.60. The van der Waals surface area contributed by atoms with Crippen molar-refractivity contribution in [1.29, 1.82) is 0 Å². The van der Waals surface area contributed by atoms with Gasteiger partial charge in [-0.25, -0.2) is 0 Å². The highest BCUT2D eigenvalue weighted by atomic mass is 32.2. The Morgan fingerprint density at radius 2 is 1.88 bits per heavy atom. The molecular formula is C18H18N2O4S. The SMILES string of the molecule is CC(=O)c1ccc(NC(=O)CS[C@@H](C)c2cccc([N+](=O)[O-])c2)cc1. The first-order valence-electron chi connectivity index (χ1n) is 7.63. The van der Waals surface area contributed by atoms with Crippen molar-refractivity contribution in [2.45, 2.75) is 19.1 Å². The van der Waals surface area contributed by atoms with Crippen LogP contribution >= 0.6 is 11.8 Å². The molecule has 0 heterocycles. The largest absolute Gasteiger partial charge is 0.325 e. The minimum atomic E-state index is -0.432. The Labute approximate surface area is 149 Å². The number of hydrogen-bond acceptors (Lipinski definition) is 5. The van der Waals surface area contributed by atoms with Gasteiger partial charge in [-0.3, -0.25) is 19.7 Å². The molecule has 0 bridgehead atoms. The van der Waals surface area contributed by atoms with Gasteiger partial charge in [0.2, 0.25) is 5.91 Å². The Bertz CT molecular complexity index is 790. The van der Waals surface area contributed by atoms with Crippen molar-refractivity contribution in [3.05, 3.63) is 69.8 Å². The standard InChI is InChI=1S/C18H18N2O4S/c1-12(21)14-6-8-16(9-7-14)19-18(22)11-25-13(2)15-4-3-5-17(10-15)20(23)24/h3-10,13H,11H2,1-2H3,(H,19,22)/t13-/m0/s1. The molecule has 0 spiro atoms. The van der Waals surface area contributed by atoms with Crippen molar-refractivity contribution in [2.75, 3.05) is 11.1 Å². The van der Waals surface area contributed by atoms with Crippen molar-refractivity contribution < 1.29 is 14.5 Å². The van der Waals surface area contributed by atoms with E-state index in [1.165, 1.54) is 30.8 Å². The zero-order valence-electron chi connectivity index (χ0n) is 13.9. The van der Waals surface area contributed by atoms with Crippen LogP contribution in [-0.4, -0.2) is 22.4 Å². The molecular weight excluding hydrogens is 340 g/mol. The van der Waals surface area contributed by atoms with Gasteiger partial charge < -0.3 is 5.32 Å². The maximum atomic E-state index is 12.0. The van der Waals surface area contributed by atoms with E-state index in [0.29, 0.717) is 11.3 Å². The summed E-state index contributed by atoms with van der Waals surface area (Å²) in [6.45, 7) is 3.39. The first kappa shape index (κ1) is 18.7. The highest BCUT2D eigenvalue weighted by Gasteiger charge is 2.13. The number of non-ortho nitro benzene ring substituents is 1. The lowest BCUT2D eigenvalue weighted by Crippen LogP contribution is -2.14. The molecule has 2 aromatic carbocycles. The summed E-state index contributed by atoms with van der Waals surface area (Å²) in [5.41, 5.74) is 2.06. The number of amides is 1. The maximum absolute atomic E-state index is 12.0. The number of ketones is 1. The summed E-state index contributed by atoms with van der Waals surface area (Å²) in [6, 6.07) is 13.1. The molecule has 6 nitrogen and oxygen atoms in total. The fraction of sp³-hybridized carbons (Fsp3) is 0.222. The molecule has 1 atom stereocenters. The molecule has 0 radical (unpaired) electrons.